The van der Waals surface area contributed by atoms with Crippen LogP contribution in [0.2, 0.25) is 0 Å². The Morgan fingerprint density at radius 1 is 1.12 bits per heavy atom. The molecule has 5 heteroatoms. The van der Waals surface area contributed by atoms with Crippen molar-refractivity contribution in [3.05, 3.63) is 52.6 Å². The highest BCUT2D eigenvalue weighted by atomic mass is 32.2. The van der Waals surface area contributed by atoms with Gasteiger partial charge in [0.05, 0.1) is 18.1 Å². The van der Waals surface area contributed by atoms with Gasteiger partial charge < -0.3 is 4.74 Å². The summed E-state index contributed by atoms with van der Waals surface area (Å²) in [6, 6.07) is 7.06. The second-order valence-electron chi connectivity index (χ2n) is 7.29. The third-order valence-electron chi connectivity index (χ3n) is 4.94. The molecule has 2 aliphatic heterocycles. The van der Waals surface area contributed by atoms with Crippen molar-refractivity contribution in [2.75, 3.05) is 26.3 Å². The van der Waals surface area contributed by atoms with Gasteiger partial charge in [0.2, 0.25) is 10.0 Å². The molecular weight excluding hydrogens is 322 g/mol. The summed E-state index contributed by atoms with van der Waals surface area (Å²) in [6.07, 6.45) is 2.12. The molecule has 0 saturated carbocycles. The number of sulfonamides is 1. The zero-order chi connectivity index (χ0) is 17.5. The zero-order valence-electron chi connectivity index (χ0n) is 14.8. The van der Waals surface area contributed by atoms with Crippen LogP contribution in [0.5, 0.6) is 0 Å². The van der Waals surface area contributed by atoms with Crippen LogP contribution in [-0.4, -0.2) is 39.0 Å². The normalized spacial score (nSPS) is 31.1. The molecule has 0 amide bonds. The highest BCUT2D eigenvalue weighted by Gasteiger charge is 2.44. The minimum Gasteiger partial charge on any atom is -0.376 e. The lowest BCUT2D eigenvalue weighted by atomic mass is 9.82. The van der Waals surface area contributed by atoms with Gasteiger partial charge >= 0.3 is 0 Å². The predicted molar refractivity (Wildman–Crippen MR) is 95.3 cm³/mol. The van der Waals surface area contributed by atoms with Crippen LogP contribution in [0.1, 0.15) is 26.3 Å². The van der Waals surface area contributed by atoms with Crippen molar-refractivity contribution in [2.45, 2.75) is 32.6 Å². The van der Waals surface area contributed by atoms with Gasteiger partial charge in [0.1, 0.15) is 0 Å². The molecule has 0 unspecified atom stereocenters. The fraction of sp³-hybridized carbons (Fsp3) is 0.474. The molecule has 1 saturated heterocycles. The maximum Gasteiger partial charge on any atom is 0.243 e. The van der Waals surface area contributed by atoms with Crippen LogP contribution < -0.4 is 0 Å². The van der Waals surface area contributed by atoms with E-state index in [-0.39, 0.29) is 5.41 Å². The van der Waals surface area contributed by atoms with Crippen LogP contribution in [0.25, 0.3) is 0 Å². The molecule has 0 N–H and O–H groups in total. The molecule has 3 rings (SSSR count). The van der Waals surface area contributed by atoms with Gasteiger partial charge in [-0.3, -0.25) is 0 Å². The number of hydrogen-bond donors (Lipinski definition) is 0. The Bertz CT molecular complexity index is 806. The number of fused-ring (bicyclic) bond motifs is 1. The lowest BCUT2D eigenvalue weighted by Gasteiger charge is -2.28. The fourth-order valence-corrected chi connectivity index (χ4v) is 5.14. The van der Waals surface area contributed by atoms with Gasteiger partial charge in [-0.25, -0.2) is 8.42 Å². The first-order chi connectivity index (χ1) is 11.2. The topological polar surface area (TPSA) is 46.6 Å². The molecule has 130 valence electrons. The Kier molecular flexibility index (Phi) is 4.45. The largest absolute Gasteiger partial charge is 0.376 e. The van der Waals surface area contributed by atoms with Gasteiger partial charge in [-0.1, -0.05) is 30.7 Å². The third kappa shape index (κ3) is 3.08. The number of ether oxygens (including phenoxy) is 1. The Morgan fingerprint density at radius 3 is 2.46 bits per heavy atom. The minimum atomic E-state index is -3.49. The highest BCUT2D eigenvalue weighted by molar-refractivity contribution is 7.89. The number of benzene rings is 1. The summed E-state index contributed by atoms with van der Waals surface area (Å²) in [4.78, 5) is 0.358. The van der Waals surface area contributed by atoms with Crippen LogP contribution >= 0.6 is 0 Å². The molecule has 0 aliphatic carbocycles. The summed E-state index contributed by atoms with van der Waals surface area (Å²) in [5, 5.41) is 0. The Morgan fingerprint density at radius 2 is 1.79 bits per heavy atom. The smallest absolute Gasteiger partial charge is 0.243 e. The van der Waals surface area contributed by atoms with Crippen LogP contribution in [0.4, 0.5) is 0 Å². The van der Waals surface area contributed by atoms with E-state index in [2.05, 4.69) is 19.9 Å². The first kappa shape index (κ1) is 17.4. The lowest BCUT2D eigenvalue weighted by Crippen LogP contribution is -2.33. The third-order valence-corrected chi connectivity index (χ3v) is 6.74. The Hall–Kier alpha value is -1.43. The summed E-state index contributed by atoms with van der Waals surface area (Å²) in [7, 11) is -3.49. The number of hydrogen-bond acceptors (Lipinski definition) is 3. The maximum atomic E-state index is 13.0. The van der Waals surface area contributed by atoms with Gasteiger partial charge in [-0.2, -0.15) is 4.31 Å². The highest BCUT2D eigenvalue weighted by Crippen LogP contribution is 2.41. The standard InChI is InChI=1S/C19H25NO3S/c1-14-5-7-17(8-6-14)24(21,22)20-10-18-16(3)9-15(2)11-23-13-19(18,4)12-20/h5-9H,10-13H2,1-4H3/b15-9-,18-16-/t19-/m1/s1. The average molecular weight is 347 g/mol. The van der Waals surface area contributed by atoms with Crippen molar-refractivity contribution < 1.29 is 13.2 Å². The van der Waals surface area contributed by atoms with Gasteiger partial charge in [-0.15, -0.1) is 0 Å². The van der Waals surface area contributed by atoms with Crippen molar-refractivity contribution in [3.63, 3.8) is 0 Å². The van der Waals surface area contributed by atoms with Crippen molar-refractivity contribution >= 4 is 10.0 Å². The SMILES string of the molecule is C/C1=C/C(C)=C2/CN(S(=O)(=O)c3ccc(C)cc3)C[C@]2(C)COC1. The molecule has 1 atom stereocenters. The molecule has 0 bridgehead atoms. The molecule has 0 radical (unpaired) electrons. The lowest BCUT2D eigenvalue weighted by molar-refractivity contribution is 0.0889. The van der Waals surface area contributed by atoms with Crippen LogP contribution in [0, 0.1) is 12.3 Å². The van der Waals surface area contributed by atoms with E-state index in [1.54, 1.807) is 16.4 Å². The van der Waals surface area contributed by atoms with Gasteiger partial charge in [0.15, 0.2) is 0 Å². The summed E-state index contributed by atoms with van der Waals surface area (Å²) in [5.41, 5.74) is 4.29. The van der Waals surface area contributed by atoms with E-state index in [9.17, 15) is 8.42 Å². The number of rotatable bonds is 2. The van der Waals surface area contributed by atoms with Crippen LogP contribution in [0.3, 0.4) is 0 Å². The first-order valence-corrected chi connectivity index (χ1v) is 9.68. The Balaban J connectivity index is 1.99. The molecule has 2 heterocycles. The van der Waals surface area contributed by atoms with Gasteiger partial charge in [0, 0.05) is 18.5 Å². The van der Waals surface area contributed by atoms with E-state index in [1.165, 1.54) is 11.1 Å². The molecule has 1 aromatic carbocycles. The van der Waals surface area contributed by atoms with Crippen molar-refractivity contribution in [2.24, 2.45) is 5.41 Å². The maximum absolute atomic E-state index is 13.0. The molecule has 1 aromatic rings. The molecule has 0 aromatic heterocycles. The quantitative estimate of drug-likeness (QED) is 0.825. The van der Waals surface area contributed by atoms with Gasteiger partial charge in [-0.05, 0) is 49.6 Å². The predicted octanol–water partition coefficient (Wildman–Crippen LogP) is 3.30. The zero-order valence-corrected chi connectivity index (χ0v) is 15.6. The van der Waals surface area contributed by atoms with Crippen molar-refractivity contribution in [3.8, 4) is 0 Å². The molecule has 2 aliphatic rings. The van der Waals surface area contributed by atoms with E-state index < -0.39 is 10.0 Å². The van der Waals surface area contributed by atoms with Crippen LogP contribution in [-0.2, 0) is 14.8 Å². The summed E-state index contributed by atoms with van der Waals surface area (Å²) in [5.74, 6) is 0. The molecule has 24 heavy (non-hydrogen) atoms. The van der Waals surface area contributed by atoms with Crippen molar-refractivity contribution in [1.29, 1.82) is 0 Å². The second-order valence-corrected chi connectivity index (χ2v) is 9.23. The average Bonchev–Trinajstić information content (AvgIpc) is 2.85. The van der Waals surface area contributed by atoms with E-state index in [4.69, 9.17) is 4.74 Å². The molecular formula is C19H25NO3S. The number of nitrogens with zero attached hydrogens (tertiary/aromatic N) is 1. The van der Waals surface area contributed by atoms with Gasteiger partial charge in [0.25, 0.3) is 0 Å². The Labute approximate surface area is 144 Å². The second kappa shape index (κ2) is 6.14. The number of aryl methyl sites for hydroxylation is 1. The number of allylic oxidation sites excluding steroid dienone is 2. The fourth-order valence-electron chi connectivity index (χ4n) is 3.61. The van der Waals surface area contributed by atoms with Crippen molar-refractivity contribution in [1.82, 2.24) is 4.31 Å². The van der Waals surface area contributed by atoms with E-state index in [0.717, 1.165) is 11.1 Å². The van der Waals surface area contributed by atoms with E-state index >= 15 is 0 Å². The van der Waals surface area contributed by atoms with E-state index in [1.807, 2.05) is 26.0 Å². The molecule has 1 fully saturated rings. The molecule has 4 nitrogen and oxygen atoms in total. The first-order valence-electron chi connectivity index (χ1n) is 8.24. The van der Waals surface area contributed by atoms with E-state index in [0.29, 0.717) is 31.2 Å². The monoisotopic (exact) mass is 347 g/mol. The summed E-state index contributed by atoms with van der Waals surface area (Å²) >= 11 is 0. The molecule has 0 spiro atoms. The van der Waals surface area contributed by atoms with Crippen LogP contribution in [0.15, 0.2) is 52.0 Å². The summed E-state index contributed by atoms with van der Waals surface area (Å²) in [6.45, 7) is 10.2. The minimum absolute atomic E-state index is 0.265. The summed E-state index contributed by atoms with van der Waals surface area (Å²) < 4.78 is 33.4.